The van der Waals surface area contributed by atoms with Gasteiger partial charge in [0.1, 0.15) is 5.82 Å². The van der Waals surface area contributed by atoms with Gasteiger partial charge in [-0.25, -0.2) is 4.98 Å². The van der Waals surface area contributed by atoms with E-state index in [2.05, 4.69) is 9.97 Å². The quantitative estimate of drug-likeness (QED) is 0.874. The van der Waals surface area contributed by atoms with Gasteiger partial charge in [0, 0.05) is 4.90 Å². The Labute approximate surface area is 108 Å². The fraction of sp³-hybridized carbons (Fsp3) is 0.0909. The standard InChI is InChI=1S/C11H11ClN4S/c1-6-9(10(13)16-11(14)15-6)17-8-5-3-2-4-7(8)12/h2-5H,1H3,(H4,13,14,15,16). The first-order valence-electron chi connectivity index (χ1n) is 4.90. The zero-order valence-corrected chi connectivity index (χ0v) is 10.7. The minimum Gasteiger partial charge on any atom is -0.383 e. The maximum atomic E-state index is 6.08. The van der Waals surface area contributed by atoms with Crippen LogP contribution in [-0.4, -0.2) is 9.97 Å². The second-order valence-corrected chi connectivity index (χ2v) is 4.87. The number of nitrogens with zero attached hydrogens (tertiary/aromatic N) is 2. The third kappa shape index (κ3) is 2.62. The topological polar surface area (TPSA) is 77.8 Å². The molecule has 0 radical (unpaired) electrons. The summed E-state index contributed by atoms with van der Waals surface area (Å²) in [5.74, 6) is 0.559. The third-order valence-corrected chi connectivity index (χ3v) is 3.85. The largest absolute Gasteiger partial charge is 0.383 e. The van der Waals surface area contributed by atoms with Gasteiger partial charge < -0.3 is 11.5 Å². The van der Waals surface area contributed by atoms with Gasteiger partial charge in [0.05, 0.1) is 15.6 Å². The van der Waals surface area contributed by atoms with E-state index in [0.29, 0.717) is 10.8 Å². The second-order valence-electron chi connectivity index (χ2n) is 3.41. The number of nitrogen functional groups attached to an aromatic ring is 2. The molecule has 0 amide bonds. The molecule has 1 heterocycles. The van der Waals surface area contributed by atoms with Crippen LogP contribution in [-0.2, 0) is 0 Å². The summed E-state index contributed by atoms with van der Waals surface area (Å²) in [4.78, 5) is 9.72. The molecule has 0 atom stereocenters. The average molecular weight is 267 g/mol. The van der Waals surface area contributed by atoms with Crippen LogP contribution in [0.15, 0.2) is 34.1 Å². The Kier molecular flexibility index (Phi) is 3.40. The van der Waals surface area contributed by atoms with Gasteiger partial charge in [-0.1, -0.05) is 35.5 Å². The molecule has 0 aliphatic heterocycles. The van der Waals surface area contributed by atoms with Crippen molar-refractivity contribution in [1.82, 2.24) is 9.97 Å². The zero-order valence-electron chi connectivity index (χ0n) is 9.14. The van der Waals surface area contributed by atoms with Crippen molar-refractivity contribution in [3.8, 4) is 0 Å². The van der Waals surface area contributed by atoms with Crippen molar-refractivity contribution in [2.45, 2.75) is 16.7 Å². The molecule has 4 N–H and O–H groups in total. The van der Waals surface area contributed by atoms with Gasteiger partial charge in [-0.05, 0) is 19.1 Å². The lowest BCUT2D eigenvalue weighted by molar-refractivity contribution is 1.05. The highest BCUT2D eigenvalue weighted by Crippen LogP contribution is 2.36. The molecule has 2 rings (SSSR count). The molecule has 88 valence electrons. The number of aryl methyl sites for hydroxylation is 1. The number of hydrogen-bond acceptors (Lipinski definition) is 5. The predicted octanol–water partition coefficient (Wildman–Crippen LogP) is 2.75. The third-order valence-electron chi connectivity index (χ3n) is 2.13. The minimum atomic E-state index is 0.184. The number of aromatic nitrogens is 2. The molecule has 0 saturated heterocycles. The van der Waals surface area contributed by atoms with Gasteiger partial charge in [0.25, 0.3) is 0 Å². The molecule has 0 fully saturated rings. The van der Waals surface area contributed by atoms with E-state index in [1.807, 2.05) is 31.2 Å². The van der Waals surface area contributed by atoms with Crippen LogP contribution in [0.3, 0.4) is 0 Å². The Hall–Kier alpha value is -1.46. The fourth-order valence-electron chi connectivity index (χ4n) is 1.37. The second kappa shape index (κ2) is 4.81. The lowest BCUT2D eigenvalue weighted by Crippen LogP contribution is -2.03. The van der Waals surface area contributed by atoms with Crippen molar-refractivity contribution in [2.75, 3.05) is 11.5 Å². The Balaban J connectivity index is 2.40. The van der Waals surface area contributed by atoms with Crippen LogP contribution in [0.25, 0.3) is 0 Å². The first-order chi connectivity index (χ1) is 8.08. The van der Waals surface area contributed by atoms with Crippen LogP contribution in [0, 0.1) is 6.92 Å². The number of hydrogen-bond donors (Lipinski definition) is 2. The number of halogens is 1. The molecule has 0 unspecified atom stereocenters. The Morgan fingerprint density at radius 2 is 1.88 bits per heavy atom. The summed E-state index contributed by atoms with van der Waals surface area (Å²) < 4.78 is 0. The molecular formula is C11H11ClN4S. The molecule has 1 aromatic carbocycles. The van der Waals surface area contributed by atoms with E-state index in [9.17, 15) is 0 Å². The van der Waals surface area contributed by atoms with Gasteiger partial charge >= 0.3 is 0 Å². The molecule has 0 spiro atoms. The predicted molar refractivity (Wildman–Crippen MR) is 71.2 cm³/mol. The van der Waals surface area contributed by atoms with Crippen molar-refractivity contribution in [3.05, 3.63) is 35.0 Å². The molecule has 0 aliphatic rings. The summed E-state index contributed by atoms with van der Waals surface area (Å²) in [7, 11) is 0. The van der Waals surface area contributed by atoms with Crippen LogP contribution in [0.5, 0.6) is 0 Å². The highest BCUT2D eigenvalue weighted by Gasteiger charge is 2.11. The van der Waals surface area contributed by atoms with E-state index >= 15 is 0 Å². The van der Waals surface area contributed by atoms with Crippen LogP contribution in [0.2, 0.25) is 5.02 Å². The lowest BCUT2D eigenvalue weighted by atomic mass is 10.4. The van der Waals surface area contributed by atoms with Crippen molar-refractivity contribution < 1.29 is 0 Å². The van der Waals surface area contributed by atoms with Gasteiger partial charge in [-0.3, -0.25) is 0 Å². The first-order valence-corrected chi connectivity index (χ1v) is 6.09. The van der Waals surface area contributed by atoms with E-state index in [-0.39, 0.29) is 5.95 Å². The molecule has 0 aliphatic carbocycles. The summed E-state index contributed by atoms with van der Waals surface area (Å²) in [6.07, 6.45) is 0. The minimum absolute atomic E-state index is 0.184. The van der Waals surface area contributed by atoms with Crippen molar-refractivity contribution in [3.63, 3.8) is 0 Å². The summed E-state index contributed by atoms with van der Waals surface area (Å²) in [5, 5.41) is 0.674. The summed E-state index contributed by atoms with van der Waals surface area (Å²) in [5.41, 5.74) is 12.1. The SMILES string of the molecule is Cc1nc(N)nc(N)c1Sc1ccccc1Cl. The van der Waals surface area contributed by atoms with E-state index in [4.69, 9.17) is 23.1 Å². The molecule has 1 aromatic heterocycles. The average Bonchev–Trinajstić information content (AvgIpc) is 2.25. The molecule has 17 heavy (non-hydrogen) atoms. The Bertz CT molecular complexity index is 536. The summed E-state index contributed by atoms with van der Waals surface area (Å²) in [6, 6.07) is 7.54. The van der Waals surface area contributed by atoms with Crippen molar-refractivity contribution in [1.29, 1.82) is 0 Å². The molecule has 2 aromatic rings. The maximum absolute atomic E-state index is 6.08. The number of nitrogens with two attached hydrogens (primary N) is 2. The number of benzene rings is 1. The highest BCUT2D eigenvalue weighted by molar-refractivity contribution is 7.99. The summed E-state index contributed by atoms with van der Waals surface area (Å²) in [6.45, 7) is 1.84. The van der Waals surface area contributed by atoms with Crippen molar-refractivity contribution in [2.24, 2.45) is 0 Å². The van der Waals surface area contributed by atoms with Gasteiger partial charge in [0.2, 0.25) is 5.95 Å². The van der Waals surface area contributed by atoms with Crippen LogP contribution >= 0.6 is 23.4 Å². The molecule has 0 saturated carbocycles. The highest BCUT2D eigenvalue weighted by atomic mass is 35.5. The van der Waals surface area contributed by atoms with Gasteiger partial charge in [-0.15, -0.1) is 0 Å². The van der Waals surface area contributed by atoms with Crippen LogP contribution in [0.1, 0.15) is 5.69 Å². The van der Waals surface area contributed by atoms with Crippen molar-refractivity contribution >= 4 is 35.1 Å². The monoisotopic (exact) mass is 266 g/mol. The van der Waals surface area contributed by atoms with E-state index in [0.717, 1.165) is 15.5 Å². The first kappa shape index (κ1) is 12.0. The fourth-order valence-corrected chi connectivity index (χ4v) is 2.50. The van der Waals surface area contributed by atoms with Crippen LogP contribution < -0.4 is 11.5 Å². The van der Waals surface area contributed by atoms with Gasteiger partial charge in [-0.2, -0.15) is 4.98 Å². The van der Waals surface area contributed by atoms with E-state index in [1.54, 1.807) is 0 Å². The molecular weight excluding hydrogens is 256 g/mol. The molecule has 4 nitrogen and oxygen atoms in total. The molecule has 0 bridgehead atoms. The van der Waals surface area contributed by atoms with Crippen LogP contribution in [0.4, 0.5) is 11.8 Å². The maximum Gasteiger partial charge on any atom is 0.222 e. The Morgan fingerprint density at radius 1 is 1.18 bits per heavy atom. The van der Waals surface area contributed by atoms with E-state index in [1.165, 1.54) is 11.8 Å². The number of anilines is 2. The normalized spacial score (nSPS) is 10.5. The van der Waals surface area contributed by atoms with Gasteiger partial charge in [0.15, 0.2) is 0 Å². The Morgan fingerprint density at radius 3 is 2.53 bits per heavy atom. The lowest BCUT2D eigenvalue weighted by Gasteiger charge is -2.09. The number of rotatable bonds is 2. The summed E-state index contributed by atoms with van der Waals surface area (Å²) >= 11 is 7.52. The smallest absolute Gasteiger partial charge is 0.222 e. The zero-order chi connectivity index (χ0) is 12.4. The molecule has 6 heteroatoms. The van der Waals surface area contributed by atoms with E-state index < -0.39 is 0 Å².